The molecule has 6 nitrogen and oxygen atoms in total. The fourth-order valence-electron chi connectivity index (χ4n) is 4.39. The molecule has 3 rings (SSSR count). The van der Waals surface area contributed by atoms with Crippen LogP contribution in [0.5, 0.6) is 0 Å². The molecule has 1 aromatic rings. The molecule has 0 N–H and O–H groups in total. The van der Waals surface area contributed by atoms with Crippen LogP contribution >= 0.6 is 0 Å². The maximum atomic E-state index is 13.2. The van der Waals surface area contributed by atoms with Crippen LogP contribution in [0.4, 0.5) is 0 Å². The number of hydrogen-bond acceptors (Lipinski definition) is 4. The SMILES string of the molecule is CCc1noc(C)c1C(=O)N1CC[C@@]2(CCCN(CC(C)(C)C)C2=O)C1. The van der Waals surface area contributed by atoms with E-state index < -0.39 is 5.41 Å². The Kier molecular flexibility index (Phi) is 4.88. The summed E-state index contributed by atoms with van der Waals surface area (Å²) in [4.78, 5) is 30.1. The minimum Gasteiger partial charge on any atom is -0.361 e. The van der Waals surface area contributed by atoms with E-state index in [0.29, 0.717) is 36.5 Å². The van der Waals surface area contributed by atoms with E-state index >= 15 is 0 Å². The number of rotatable bonds is 3. The Balaban J connectivity index is 1.77. The topological polar surface area (TPSA) is 66.7 Å². The van der Waals surface area contributed by atoms with Gasteiger partial charge in [-0.3, -0.25) is 9.59 Å². The number of likely N-dealkylation sites (tertiary alicyclic amines) is 2. The zero-order valence-electron chi connectivity index (χ0n) is 16.7. The van der Waals surface area contributed by atoms with Crippen LogP contribution < -0.4 is 0 Å². The molecule has 1 spiro atoms. The van der Waals surface area contributed by atoms with Gasteiger partial charge in [0.15, 0.2) is 0 Å². The largest absolute Gasteiger partial charge is 0.361 e. The van der Waals surface area contributed by atoms with Crippen LogP contribution in [0, 0.1) is 17.8 Å². The van der Waals surface area contributed by atoms with E-state index in [1.807, 2.05) is 16.7 Å². The van der Waals surface area contributed by atoms with Crippen molar-refractivity contribution in [1.82, 2.24) is 15.0 Å². The van der Waals surface area contributed by atoms with Gasteiger partial charge in [0, 0.05) is 26.2 Å². The molecule has 144 valence electrons. The lowest BCUT2D eigenvalue weighted by Crippen LogP contribution is -2.52. The molecule has 6 heteroatoms. The van der Waals surface area contributed by atoms with Crippen LogP contribution in [0.1, 0.15) is 68.8 Å². The molecule has 26 heavy (non-hydrogen) atoms. The molecule has 0 radical (unpaired) electrons. The fraction of sp³-hybridized carbons (Fsp3) is 0.750. The highest BCUT2D eigenvalue weighted by Gasteiger charge is 2.50. The number of aryl methyl sites for hydroxylation is 2. The number of hydrogen-bond donors (Lipinski definition) is 0. The lowest BCUT2D eigenvalue weighted by molar-refractivity contribution is -0.146. The number of carbonyl (C=O) groups is 2. The van der Waals surface area contributed by atoms with Crippen LogP contribution in [0.15, 0.2) is 4.52 Å². The standard InChI is InChI=1S/C20H31N3O3/c1-6-15-16(14(2)26-21-15)17(24)22-11-9-20(13-22)8-7-10-23(18(20)25)12-19(3,4)5/h6-13H2,1-5H3/t20-/m0/s1. The average Bonchev–Trinajstić information content (AvgIpc) is 3.15. The molecule has 0 bridgehead atoms. The first-order valence-corrected chi connectivity index (χ1v) is 9.71. The summed E-state index contributed by atoms with van der Waals surface area (Å²) in [5.74, 6) is 0.752. The van der Waals surface area contributed by atoms with E-state index in [-0.39, 0.29) is 17.2 Å². The van der Waals surface area contributed by atoms with Gasteiger partial charge in [-0.1, -0.05) is 32.9 Å². The molecule has 0 saturated carbocycles. The molecule has 1 atom stereocenters. The van der Waals surface area contributed by atoms with Gasteiger partial charge in [0.1, 0.15) is 11.3 Å². The van der Waals surface area contributed by atoms with Gasteiger partial charge in [0.2, 0.25) is 5.91 Å². The van der Waals surface area contributed by atoms with Gasteiger partial charge in [0.25, 0.3) is 5.91 Å². The summed E-state index contributed by atoms with van der Waals surface area (Å²) < 4.78 is 5.22. The van der Waals surface area contributed by atoms with Gasteiger partial charge in [-0.05, 0) is 38.0 Å². The summed E-state index contributed by atoms with van der Waals surface area (Å²) in [5.41, 5.74) is 0.964. The zero-order chi connectivity index (χ0) is 19.1. The molecule has 2 fully saturated rings. The van der Waals surface area contributed by atoms with Crippen molar-refractivity contribution in [2.75, 3.05) is 26.2 Å². The first-order valence-electron chi connectivity index (χ1n) is 9.71. The molecule has 2 aliphatic rings. The van der Waals surface area contributed by atoms with Gasteiger partial charge in [-0.25, -0.2) is 0 Å². The monoisotopic (exact) mass is 361 g/mol. The van der Waals surface area contributed by atoms with E-state index in [1.165, 1.54) is 0 Å². The third-order valence-electron chi connectivity index (χ3n) is 5.61. The normalized spacial score (nSPS) is 24.0. The van der Waals surface area contributed by atoms with E-state index in [9.17, 15) is 9.59 Å². The zero-order valence-corrected chi connectivity index (χ0v) is 16.7. The quantitative estimate of drug-likeness (QED) is 0.830. The first-order chi connectivity index (χ1) is 12.2. The van der Waals surface area contributed by atoms with Crippen molar-refractivity contribution in [2.45, 2.75) is 60.3 Å². The highest BCUT2D eigenvalue weighted by atomic mass is 16.5. The number of piperidine rings is 1. The van der Waals surface area contributed by atoms with Crippen LogP contribution in [0.3, 0.4) is 0 Å². The van der Waals surface area contributed by atoms with Crippen molar-refractivity contribution in [1.29, 1.82) is 0 Å². The minimum atomic E-state index is -0.406. The summed E-state index contributed by atoms with van der Waals surface area (Å²) in [5, 5.41) is 4.00. The van der Waals surface area contributed by atoms with Gasteiger partial charge in [-0.2, -0.15) is 0 Å². The van der Waals surface area contributed by atoms with Crippen molar-refractivity contribution in [3.05, 3.63) is 17.0 Å². The molecule has 0 aromatic carbocycles. The maximum Gasteiger partial charge on any atom is 0.259 e. The predicted molar refractivity (Wildman–Crippen MR) is 98.8 cm³/mol. The summed E-state index contributed by atoms with van der Waals surface area (Å²) >= 11 is 0. The van der Waals surface area contributed by atoms with Gasteiger partial charge in [-0.15, -0.1) is 0 Å². The third kappa shape index (κ3) is 3.38. The maximum absolute atomic E-state index is 13.2. The Morgan fingerprint density at radius 1 is 1.27 bits per heavy atom. The summed E-state index contributed by atoms with van der Waals surface area (Å²) in [7, 11) is 0. The van der Waals surface area contributed by atoms with Gasteiger partial charge < -0.3 is 14.3 Å². The second kappa shape index (κ2) is 6.71. The van der Waals surface area contributed by atoms with Crippen molar-refractivity contribution in [3.63, 3.8) is 0 Å². The molecule has 0 unspecified atom stereocenters. The van der Waals surface area contributed by atoms with Gasteiger partial charge >= 0.3 is 0 Å². The number of carbonyl (C=O) groups excluding carboxylic acids is 2. The molecule has 1 aromatic heterocycles. The lowest BCUT2D eigenvalue weighted by Gasteiger charge is -2.41. The van der Waals surface area contributed by atoms with E-state index in [4.69, 9.17) is 4.52 Å². The summed E-state index contributed by atoms with van der Waals surface area (Å²) in [6.45, 7) is 13.0. The van der Waals surface area contributed by atoms with E-state index in [2.05, 4.69) is 25.9 Å². The third-order valence-corrected chi connectivity index (χ3v) is 5.61. The number of amides is 2. The van der Waals surface area contributed by atoms with Crippen molar-refractivity contribution >= 4 is 11.8 Å². The summed E-state index contributed by atoms with van der Waals surface area (Å²) in [6.07, 6.45) is 3.30. The molecule has 2 aliphatic heterocycles. The Hall–Kier alpha value is -1.85. The van der Waals surface area contributed by atoms with E-state index in [0.717, 1.165) is 32.4 Å². The van der Waals surface area contributed by atoms with Crippen molar-refractivity contribution in [2.24, 2.45) is 10.8 Å². The average molecular weight is 361 g/mol. The lowest BCUT2D eigenvalue weighted by atomic mass is 9.77. The van der Waals surface area contributed by atoms with Crippen LogP contribution in [-0.4, -0.2) is 52.9 Å². The highest BCUT2D eigenvalue weighted by Crippen LogP contribution is 2.41. The van der Waals surface area contributed by atoms with Crippen molar-refractivity contribution < 1.29 is 14.1 Å². The molecular formula is C20H31N3O3. The second-order valence-electron chi connectivity index (χ2n) is 9.06. The fourth-order valence-corrected chi connectivity index (χ4v) is 4.39. The molecule has 3 heterocycles. The molecule has 0 aliphatic carbocycles. The van der Waals surface area contributed by atoms with Crippen LogP contribution in [0.25, 0.3) is 0 Å². The Morgan fingerprint density at radius 3 is 2.65 bits per heavy atom. The Labute approximate surface area is 155 Å². The van der Waals surface area contributed by atoms with Crippen molar-refractivity contribution in [3.8, 4) is 0 Å². The Bertz CT molecular complexity index is 704. The minimum absolute atomic E-state index is 0.0433. The van der Waals surface area contributed by atoms with Gasteiger partial charge in [0.05, 0.1) is 11.1 Å². The highest BCUT2D eigenvalue weighted by molar-refractivity contribution is 5.97. The molecule has 2 amide bonds. The Morgan fingerprint density at radius 2 is 2.00 bits per heavy atom. The number of aromatic nitrogens is 1. The first kappa shape index (κ1) is 18.9. The second-order valence-corrected chi connectivity index (χ2v) is 9.06. The summed E-state index contributed by atoms with van der Waals surface area (Å²) in [6, 6.07) is 0. The van der Waals surface area contributed by atoms with Crippen LogP contribution in [-0.2, 0) is 11.2 Å². The number of nitrogens with zero attached hydrogens (tertiary/aromatic N) is 3. The van der Waals surface area contributed by atoms with E-state index in [1.54, 1.807) is 6.92 Å². The predicted octanol–water partition coefficient (Wildman–Crippen LogP) is 3.05. The van der Waals surface area contributed by atoms with Crippen LogP contribution in [0.2, 0.25) is 0 Å². The molecular weight excluding hydrogens is 330 g/mol. The smallest absolute Gasteiger partial charge is 0.259 e. The molecule has 2 saturated heterocycles.